The van der Waals surface area contributed by atoms with Crippen molar-refractivity contribution in [3.8, 4) is 0 Å². The Balaban J connectivity index is 1.94. The minimum atomic E-state index is -0.0797. The molecule has 2 heterocycles. The van der Waals surface area contributed by atoms with E-state index in [-0.39, 0.29) is 6.61 Å². The number of thiazole rings is 1. The van der Waals surface area contributed by atoms with Crippen LogP contribution in [0.4, 0.5) is 10.9 Å². The molecule has 0 aliphatic heterocycles. The molecule has 0 saturated heterocycles. The predicted octanol–water partition coefficient (Wildman–Crippen LogP) is 4.34. The molecule has 0 atom stereocenters. The number of rotatable bonds is 3. The summed E-state index contributed by atoms with van der Waals surface area (Å²) in [4.78, 5) is 8.64. The Kier molecular flexibility index (Phi) is 3.89. The van der Waals surface area contributed by atoms with Gasteiger partial charge in [-0.3, -0.25) is 0 Å². The number of aliphatic hydroxyl groups is 1. The molecule has 3 aromatic rings. The number of anilines is 2. The van der Waals surface area contributed by atoms with Crippen LogP contribution in [0.3, 0.4) is 0 Å². The largest absolute Gasteiger partial charge is 0.392 e. The summed E-state index contributed by atoms with van der Waals surface area (Å²) in [6, 6.07) is 9.29. The fourth-order valence-electron chi connectivity index (χ4n) is 1.77. The molecule has 2 N–H and O–H groups in total. The zero-order chi connectivity index (χ0) is 14.1. The van der Waals surface area contributed by atoms with E-state index in [9.17, 15) is 0 Å². The molecule has 4 nitrogen and oxygen atoms in total. The van der Waals surface area contributed by atoms with Crippen LogP contribution in [0.25, 0.3) is 10.2 Å². The number of aliphatic hydroxyl groups excluding tert-OH is 1. The molecule has 0 spiro atoms. The number of aromatic nitrogens is 2. The first-order valence-corrected chi connectivity index (χ1v) is 7.73. The van der Waals surface area contributed by atoms with Gasteiger partial charge < -0.3 is 10.4 Å². The third-order valence-corrected chi connectivity index (χ3v) is 4.24. The van der Waals surface area contributed by atoms with E-state index in [4.69, 9.17) is 16.7 Å². The molecule has 20 heavy (non-hydrogen) atoms. The Bertz CT molecular complexity index is 777. The average Bonchev–Trinajstić information content (AvgIpc) is 2.79. The van der Waals surface area contributed by atoms with Crippen LogP contribution in [0.15, 0.2) is 34.8 Å². The average molecular weight is 371 g/mol. The Morgan fingerprint density at radius 3 is 2.90 bits per heavy atom. The van der Waals surface area contributed by atoms with Gasteiger partial charge in [-0.25, -0.2) is 9.97 Å². The van der Waals surface area contributed by atoms with E-state index in [1.807, 2.05) is 18.2 Å². The SMILES string of the molecule is OCc1cc(Cl)nc(Nc2nc3ccc(Br)cc3s2)c1. The first-order chi connectivity index (χ1) is 9.64. The lowest BCUT2D eigenvalue weighted by molar-refractivity contribution is 0.282. The quantitative estimate of drug-likeness (QED) is 0.673. The van der Waals surface area contributed by atoms with E-state index in [1.54, 1.807) is 12.1 Å². The van der Waals surface area contributed by atoms with Gasteiger partial charge in [-0.05, 0) is 35.9 Å². The first kappa shape index (κ1) is 13.8. The molecule has 1 aromatic carbocycles. The predicted molar refractivity (Wildman–Crippen MR) is 85.8 cm³/mol. The highest BCUT2D eigenvalue weighted by Crippen LogP contribution is 2.30. The van der Waals surface area contributed by atoms with E-state index >= 15 is 0 Å². The van der Waals surface area contributed by atoms with Gasteiger partial charge in [0.15, 0.2) is 5.13 Å². The van der Waals surface area contributed by atoms with Crippen molar-refractivity contribution < 1.29 is 5.11 Å². The summed E-state index contributed by atoms with van der Waals surface area (Å²) in [5, 5.41) is 13.3. The Hall–Kier alpha value is -1.21. The molecule has 0 aliphatic rings. The van der Waals surface area contributed by atoms with E-state index in [1.165, 1.54) is 11.3 Å². The fraction of sp³-hybridized carbons (Fsp3) is 0.0769. The number of benzene rings is 1. The summed E-state index contributed by atoms with van der Waals surface area (Å²) in [6.45, 7) is -0.0797. The summed E-state index contributed by atoms with van der Waals surface area (Å²) in [6.07, 6.45) is 0. The number of fused-ring (bicyclic) bond motifs is 1. The molecule has 0 amide bonds. The first-order valence-electron chi connectivity index (χ1n) is 5.74. The van der Waals surface area contributed by atoms with Gasteiger partial charge in [0.1, 0.15) is 11.0 Å². The van der Waals surface area contributed by atoms with Crippen LogP contribution in [0.2, 0.25) is 5.15 Å². The van der Waals surface area contributed by atoms with Crippen molar-refractivity contribution in [3.63, 3.8) is 0 Å². The number of nitrogens with zero attached hydrogens (tertiary/aromatic N) is 2. The van der Waals surface area contributed by atoms with Gasteiger partial charge in [0, 0.05) is 4.47 Å². The van der Waals surface area contributed by atoms with E-state index < -0.39 is 0 Å². The number of pyridine rings is 1. The minimum absolute atomic E-state index is 0.0797. The smallest absolute Gasteiger partial charge is 0.189 e. The molecular weight excluding hydrogens is 362 g/mol. The van der Waals surface area contributed by atoms with Crippen molar-refractivity contribution in [1.82, 2.24) is 9.97 Å². The van der Waals surface area contributed by atoms with Crippen molar-refractivity contribution in [2.24, 2.45) is 0 Å². The molecule has 7 heteroatoms. The molecule has 0 saturated carbocycles. The molecule has 0 aliphatic carbocycles. The van der Waals surface area contributed by atoms with Crippen LogP contribution in [-0.4, -0.2) is 15.1 Å². The highest BCUT2D eigenvalue weighted by atomic mass is 79.9. The van der Waals surface area contributed by atoms with Gasteiger partial charge in [0.25, 0.3) is 0 Å². The van der Waals surface area contributed by atoms with Crippen molar-refractivity contribution in [1.29, 1.82) is 0 Å². The lowest BCUT2D eigenvalue weighted by Crippen LogP contribution is -1.95. The summed E-state index contributed by atoms with van der Waals surface area (Å²) in [5.74, 6) is 0.569. The van der Waals surface area contributed by atoms with Crippen LogP contribution >= 0.6 is 38.9 Å². The van der Waals surface area contributed by atoms with Crippen molar-refractivity contribution >= 4 is 60.0 Å². The monoisotopic (exact) mass is 369 g/mol. The number of halogens is 2. The summed E-state index contributed by atoms with van der Waals surface area (Å²) >= 11 is 10.9. The third-order valence-electron chi connectivity index (χ3n) is 2.62. The normalized spacial score (nSPS) is 10.9. The Morgan fingerprint density at radius 1 is 1.25 bits per heavy atom. The van der Waals surface area contributed by atoms with Crippen LogP contribution in [0.5, 0.6) is 0 Å². The van der Waals surface area contributed by atoms with Crippen molar-refractivity contribution in [2.75, 3.05) is 5.32 Å². The maximum absolute atomic E-state index is 9.17. The van der Waals surface area contributed by atoms with Crippen LogP contribution in [0.1, 0.15) is 5.56 Å². The Morgan fingerprint density at radius 2 is 2.10 bits per heavy atom. The molecule has 0 fully saturated rings. The van der Waals surface area contributed by atoms with Crippen LogP contribution < -0.4 is 5.32 Å². The molecule has 0 radical (unpaired) electrons. The Labute approximate surface area is 132 Å². The molecular formula is C13H9BrClN3OS. The zero-order valence-corrected chi connectivity index (χ0v) is 13.3. The molecule has 2 aromatic heterocycles. The standard InChI is InChI=1S/C13H9BrClN3OS/c14-8-1-2-9-10(5-8)20-13(16-9)18-12-4-7(6-19)3-11(15)17-12/h1-5,19H,6H2,(H,16,17,18). The molecule has 0 unspecified atom stereocenters. The summed E-state index contributed by atoms with van der Waals surface area (Å²) in [5.41, 5.74) is 1.63. The van der Waals surface area contributed by atoms with Crippen LogP contribution in [0, 0.1) is 0 Å². The zero-order valence-electron chi connectivity index (χ0n) is 10.1. The lowest BCUT2D eigenvalue weighted by atomic mass is 10.3. The van der Waals surface area contributed by atoms with Crippen LogP contribution in [-0.2, 0) is 6.61 Å². The second-order valence-electron chi connectivity index (χ2n) is 4.10. The van der Waals surface area contributed by atoms with Gasteiger partial charge in [-0.15, -0.1) is 0 Å². The maximum atomic E-state index is 9.17. The van der Waals surface area contributed by atoms with E-state index in [0.29, 0.717) is 16.5 Å². The van der Waals surface area contributed by atoms with Gasteiger partial charge in [0.2, 0.25) is 0 Å². The lowest BCUT2D eigenvalue weighted by Gasteiger charge is -2.04. The fourth-order valence-corrected chi connectivity index (χ4v) is 3.42. The second-order valence-corrected chi connectivity index (χ2v) is 6.43. The number of nitrogens with one attached hydrogen (secondary N) is 1. The number of hydrogen-bond acceptors (Lipinski definition) is 5. The van der Waals surface area contributed by atoms with Crippen molar-refractivity contribution in [2.45, 2.75) is 6.61 Å². The molecule has 3 rings (SSSR count). The highest BCUT2D eigenvalue weighted by Gasteiger charge is 2.07. The van der Waals surface area contributed by atoms with E-state index in [2.05, 4.69) is 31.2 Å². The topological polar surface area (TPSA) is 58.0 Å². The number of hydrogen-bond donors (Lipinski definition) is 2. The second kappa shape index (κ2) is 5.65. The minimum Gasteiger partial charge on any atom is -0.392 e. The summed E-state index contributed by atoms with van der Waals surface area (Å²) in [7, 11) is 0. The van der Waals surface area contributed by atoms with Gasteiger partial charge in [-0.2, -0.15) is 0 Å². The van der Waals surface area contributed by atoms with Gasteiger partial charge >= 0.3 is 0 Å². The van der Waals surface area contributed by atoms with Gasteiger partial charge in [0.05, 0.1) is 16.8 Å². The molecule has 102 valence electrons. The third kappa shape index (κ3) is 2.93. The van der Waals surface area contributed by atoms with Crippen molar-refractivity contribution in [3.05, 3.63) is 45.5 Å². The molecule has 0 bridgehead atoms. The summed E-state index contributed by atoms with van der Waals surface area (Å²) < 4.78 is 2.09. The highest BCUT2D eigenvalue weighted by molar-refractivity contribution is 9.10. The van der Waals surface area contributed by atoms with E-state index in [0.717, 1.165) is 19.8 Å². The maximum Gasteiger partial charge on any atom is 0.189 e. The van der Waals surface area contributed by atoms with Gasteiger partial charge in [-0.1, -0.05) is 38.9 Å².